The quantitative estimate of drug-likeness (QED) is 0.0772. The van der Waals surface area contributed by atoms with E-state index in [1.807, 2.05) is 24.3 Å². The number of hydrogen-bond acceptors (Lipinski definition) is 7. The third-order valence-electron chi connectivity index (χ3n) is 10.9. The minimum Gasteiger partial charge on any atom is -0.493 e. The molecule has 60 heavy (non-hydrogen) atoms. The summed E-state index contributed by atoms with van der Waals surface area (Å²) >= 11 is 12.2. The lowest BCUT2D eigenvalue weighted by Crippen LogP contribution is -2.14. The third-order valence-corrected chi connectivity index (χ3v) is 11.4. The Morgan fingerprint density at radius 2 is 0.767 bits per heavy atom. The summed E-state index contributed by atoms with van der Waals surface area (Å²) in [6.07, 6.45) is 8.85. The van der Waals surface area contributed by atoms with Crippen molar-refractivity contribution in [3.63, 3.8) is 0 Å². The van der Waals surface area contributed by atoms with Crippen molar-refractivity contribution in [2.24, 2.45) is 0 Å². The molecule has 2 heterocycles. The predicted octanol–water partition coefficient (Wildman–Crippen LogP) is 11.6. The number of unbranched alkanes of at least 4 members (excludes halogenated alkanes) is 2. The molecule has 5 aromatic rings. The lowest BCUT2D eigenvalue weighted by Gasteiger charge is -2.23. The van der Waals surface area contributed by atoms with E-state index in [1.54, 1.807) is 0 Å². The van der Waals surface area contributed by atoms with Gasteiger partial charge in [-0.3, -0.25) is 0 Å². The van der Waals surface area contributed by atoms with Crippen LogP contribution in [0.5, 0.6) is 34.5 Å². The molecule has 0 unspecified atom stereocenters. The van der Waals surface area contributed by atoms with E-state index in [2.05, 4.69) is 72.8 Å². The van der Waals surface area contributed by atoms with Crippen LogP contribution >= 0.6 is 23.2 Å². The Balaban J connectivity index is 1.32. The van der Waals surface area contributed by atoms with Crippen molar-refractivity contribution in [2.75, 3.05) is 64.6 Å². The Hall–Kier alpha value is -4.56. The third kappa shape index (κ3) is 12.0. The van der Waals surface area contributed by atoms with Gasteiger partial charge in [0.1, 0.15) is 36.2 Å². The van der Waals surface area contributed by atoms with Crippen LogP contribution in [-0.4, -0.2) is 64.6 Å². The average Bonchev–Trinajstić information content (AvgIpc) is 3.26. The van der Waals surface area contributed by atoms with E-state index in [-0.39, 0.29) is 0 Å². The Morgan fingerprint density at radius 3 is 1.22 bits per heavy atom. The van der Waals surface area contributed by atoms with E-state index in [1.165, 1.54) is 0 Å². The van der Waals surface area contributed by atoms with E-state index in [0.29, 0.717) is 90.3 Å². The standard InChI is InChI=1S/C51H58Cl2O7/c52-24-4-8-28-58-49-40-16-11-18-42(49)36-44-20-13-21-45-37-43-19-12-17-41(50(43)59-29-9-5-25-53)35-39-15-10-14-38(34-40)48(39)57-27-7-1-6-26-55-46-22-2-3-23-47(46)56-32-30-54-31-33-60-51(44)45/h2-3,10-23H,1,4-9,24-37H2. The zero-order chi connectivity index (χ0) is 41.2. The molecule has 0 saturated heterocycles. The molecular formula is C51H58Cl2O7. The molecule has 9 heteroatoms. The summed E-state index contributed by atoms with van der Waals surface area (Å²) in [5.74, 6) is 6.30. The van der Waals surface area contributed by atoms with Crippen LogP contribution in [0.1, 0.15) is 89.5 Å². The van der Waals surface area contributed by atoms with Crippen molar-refractivity contribution in [1.29, 1.82) is 0 Å². The highest BCUT2D eigenvalue weighted by Crippen LogP contribution is 2.39. The molecule has 0 amide bonds. The topological polar surface area (TPSA) is 64.6 Å². The number of alkyl halides is 2. The van der Waals surface area contributed by atoms with Gasteiger partial charge in [0.2, 0.25) is 0 Å². The van der Waals surface area contributed by atoms with Crippen LogP contribution in [0.15, 0.2) is 97.1 Å². The Bertz CT molecular complexity index is 1870. The van der Waals surface area contributed by atoms with E-state index >= 15 is 0 Å². The van der Waals surface area contributed by atoms with Gasteiger partial charge in [0, 0.05) is 37.4 Å². The molecule has 0 saturated carbocycles. The maximum Gasteiger partial charge on any atom is 0.161 e. The van der Waals surface area contributed by atoms with Crippen LogP contribution in [0, 0.1) is 0 Å². The summed E-state index contributed by atoms with van der Waals surface area (Å²) in [4.78, 5) is 0. The maximum atomic E-state index is 6.87. The minimum atomic E-state index is 0.380. The first kappa shape index (κ1) is 43.5. The summed E-state index contributed by atoms with van der Waals surface area (Å²) in [6.45, 7) is 3.96. The molecule has 0 aromatic heterocycles. The highest BCUT2D eigenvalue weighted by atomic mass is 35.5. The smallest absolute Gasteiger partial charge is 0.161 e. The first-order valence-corrected chi connectivity index (χ1v) is 22.8. The van der Waals surface area contributed by atoms with Crippen LogP contribution in [0.4, 0.5) is 0 Å². The molecule has 0 fully saturated rings. The van der Waals surface area contributed by atoms with E-state index < -0.39 is 0 Å². The molecule has 10 bridgehead atoms. The van der Waals surface area contributed by atoms with Gasteiger partial charge in [-0.15, -0.1) is 23.2 Å². The summed E-state index contributed by atoms with van der Waals surface area (Å²) in [5, 5.41) is 0. The van der Waals surface area contributed by atoms with Gasteiger partial charge in [-0.05, 0) is 102 Å². The summed E-state index contributed by atoms with van der Waals surface area (Å²) in [5.41, 5.74) is 8.87. The number of ether oxygens (including phenoxy) is 7. The number of fused-ring (bicyclic) bond motifs is 12. The number of rotatable bonds is 10. The van der Waals surface area contributed by atoms with Gasteiger partial charge in [-0.25, -0.2) is 0 Å². The van der Waals surface area contributed by atoms with Crippen LogP contribution in [0.3, 0.4) is 0 Å². The maximum absolute atomic E-state index is 6.87. The zero-order valence-electron chi connectivity index (χ0n) is 34.7. The van der Waals surface area contributed by atoms with Crippen LogP contribution < -0.4 is 28.4 Å². The number of hydrogen-bond donors (Lipinski definition) is 0. The van der Waals surface area contributed by atoms with Gasteiger partial charge in [0.05, 0.1) is 39.6 Å². The zero-order valence-corrected chi connectivity index (χ0v) is 36.2. The van der Waals surface area contributed by atoms with E-state index in [0.717, 1.165) is 124 Å². The van der Waals surface area contributed by atoms with Crippen molar-refractivity contribution in [3.8, 4) is 34.5 Å². The van der Waals surface area contributed by atoms with Gasteiger partial charge >= 0.3 is 0 Å². The number of halogens is 2. The lowest BCUT2D eigenvalue weighted by atomic mass is 9.91. The summed E-state index contributed by atoms with van der Waals surface area (Å²) < 4.78 is 45.5. The molecule has 1 aliphatic carbocycles. The van der Waals surface area contributed by atoms with E-state index in [4.69, 9.17) is 56.4 Å². The van der Waals surface area contributed by atoms with Crippen LogP contribution in [0.25, 0.3) is 0 Å². The monoisotopic (exact) mass is 852 g/mol. The molecule has 7 nitrogen and oxygen atoms in total. The molecule has 0 atom stereocenters. The van der Waals surface area contributed by atoms with Crippen molar-refractivity contribution in [2.45, 2.75) is 70.6 Å². The second-order valence-electron chi connectivity index (χ2n) is 15.3. The molecule has 8 rings (SSSR count). The number of benzene rings is 5. The first-order valence-electron chi connectivity index (χ1n) is 21.7. The Labute approximate surface area is 366 Å². The highest BCUT2D eigenvalue weighted by Gasteiger charge is 2.22. The molecule has 5 aromatic carbocycles. The fourth-order valence-corrected chi connectivity index (χ4v) is 8.29. The van der Waals surface area contributed by atoms with Crippen molar-refractivity contribution >= 4 is 23.2 Å². The van der Waals surface area contributed by atoms with E-state index in [9.17, 15) is 0 Å². The summed E-state index contributed by atoms with van der Waals surface area (Å²) in [7, 11) is 0. The normalized spacial score (nSPS) is 15.0. The van der Waals surface area contributed by atoms with Gasteiger partial charge in [0.15, 0.2) is 11.5 Å². The van der Waals surface area contributed by atoms with Gasteiger partial charge in [-0.2, -0.15) is 0 Å². The van der Waals surface area contributed by atoms with Crippen molar-refractivity contribution in [3.05, 3.63) is 142 Å². The molecule has 0 radical (unpaired) electrons. The number of para-hydroxylation sites is 6. The largest absolute Gasteiger partial charge is 0.493 e. The highest BCUT2D eigenvalue weighted by molar-refractivity contribution is 6.18. The lowest BCUT2D eigenvalue weighted by molar-refractivity contribution is 0.0751. The second-order valence-corrected chi connectivity index (χ2v) is 16.1. The fourth-order valence-electron chi connectivity index (χ4n) is 7.91. The van der Waals surface area contributed by atoms with Crippen LogP contribution in [0.2, 0.25) is 0 Å². The molecule has 3 aliphatic rings. The Kier molecular flexibility index (Phi) is 17.0. The molecular weight excluding hydrogens is 795 g/mol. The average molecular weight is 854 g/mol. The Morgan fingerprint density at radius 1 is 0.383 bits per heavy atom. The molecule has 2 aliphatic heterocycles. The summed E-state index contributed by atoms with van der Waals surface area (Å²) in [6, 6.07) is 33.9. The molecule has 318 valence electrons. The molecule has 0 N–H and O–H groups in total. The minimum absolute atomic E-state index is 0.380. The fraction of sp³-hybridized carbons (Fsp3) is 0.412. The first-order chi connectivity index (χ1) is 29.7. The van der Waals surface area contributed by atoms with Gasteiger partial charge < -0.3 is 33.2 Å². The SMILES string of the molecule is ClCCCCOc1c2cccc1Cc1cccc3c1OCCOCCOc1ccccc1OCCCCCOc1c(cccc1Cc1cccc(c1OCCCCCl)C3)C2. The van der Waals surface area contributed by atoms with Crippen molar-refractivity contribution in [1.82, 2.24) is 0 Å². The van der Waals surface area contributed by atoms with Gasteiger partial charge in [-0.1, -0.05) is 84.9 Å². The van der Waals surface area contributed by atoms with Crippen molar-refractivity contribution < 1.29 is 33.2 Å². The second kappa shape index (κ2) is 23.4. The van der Waals surface area contributed by atoms with Gasteiger partial charge in [0.25, 0.3) is 0 Å². The molecule has 0 spiro atoms. The van der Waals surface area contributed by atoms with Crippen LogP contribution in [-0.2, 0) is 30.4 Å². The predicted molar refractivity (Wildman–Crippen MR) is 241 cm³/mol.